The molecule has 0 atom stereocenters. The molecule has 0 aromatic heterocycles. The normalized spacial score (nSPS) is 10.2. The van der Waals surface area contributed by atoms with Gasteiger partial charge in [-0.15, -0.1) is 0 Å². The summed E-state index contributed by atoms with van der Waals surface area (Å²) in [5.74, 6) is -1.38. The third-order valence-corrected chi connectivity index (χ3v) is 2.66. The van der Waals surface area contributed by atoms with Crippen molar-refractivity contribution < 1.29 is 13.6 Å². The minimum absolute atomic E-state index is 0.179. The van der Waals surface area contributed by atoms with Gasteiger partial charge in [-0.25, -0.2) is 8.78 Å². The highest BCUT2D eigenvalue weighted by molar-refractivity contribution is 5.92. The number of primary amides is 1. The summed E-state index contributed by atoms with van der Waals surface area (Å²) in [5, 5.41) is 2.94. The fourth-order valence-corrected chi connectivity index (χ4v) is 1.63. The summed E-state index contributed by atoms with van der Waals surface area (Å²) in [6.45, 7) is 0.179. The van der Waals surface area contributed by atoms with Crippen LogP contribution in [-0.4, -0.2) is 5.91 Å². The van der Waals surface area contributed by atoms with E-state index in [4.69, 9.17) is 5.73 Å². The van der Waals surface area contributed by atoms with E-state index in [1.165, 1.54) is 30.3 Å². The van der Waals surface area contributed by atoms with Crippen molar-refractivity contribution in [2.75, 3.05) is 5.32 Å². The molecule has 0 fully saturated rings. The smallest absolute Gasteiger partial charge is 0.248 e. The van der Waals surface area contributed by atoms with Crippen LogP contribution in [0.1, 0.15) is 15.9 Å². The van der Waals surface area contributed by atoms with E-state index in [0.29, 0.717) is 11.3 Å². The lowest BCUT2D eigenvalue weighted by Crippen LogP contribution is -2.12. The van der Waals surface area contributed by atoms with Crippen LogP contribution in [0.2, 0.25) is 0 Å². The van der Waals surface area contributed by atoms with Crippen LogP contribution in [0.25, 0.3) is 0 Å². The number of amides is 1. The molecule has 2 aromatic rings. The van der Waals surface area contributed by atoms with E-state index in [9.17, 15) is 13.6 Å². The van der Waals surface area contributed by atoms with Crippen LogP contribution in [0.3, 0.4) is 0 Å². The summed E-state index contributed by atoms with van der Waals surface area (Å²) in [5.41, 5.74) is 6.36. The molecule has 1 amide bonds. The third-order valence-electron chi connectivity index (χ3n) is 2.66. The van der Waals surface area contributed by atoms with Gasteiger partial charge in [-0.3, -0.25) is 4.79 Å². The molecule has 3 nitrogen and oxygen atoms in total. The van der Waals surface area contributed by atoms with Crippen LogP contribution in [0.5, 0.6) is 0 Å². The van der Waals surface area contributed by atoms with Crippen molar-refractivity contribution in [2.24, 2.45) is 5.73 Å². The number of benzene rings is 2. The van der Waals surface area contributed by atoms with Crippen molar-refractivity contribution in [1.82, 2.24) is 0 Å². The number of nitrogens with two attached hydrogens (primary N) is 1. The lowest BCUT2D eigenvalue weighted by atomic mass is 10.1. The highest BCUT2D eigenvalue weighted by Crippen LogP contribution is 2.14. The molecule has 0 saturated heterocycles. The van der Waals surface area contributed by atoms with Crippen molar-refractivity contribution >= 4 is 11.6 Å². The van der Waals surface area contributed by atoms with E-state index in [2.05, 4.69) is 5.32 Å². The summed E-state index contributed by atoms with van der Waals surface area (Å²) in [7, 11) is 0. The van der Waals surface area contributed by atoms with Gasteiger partial charge in [0.05, 0.1) is 0 Å². The van der Waals surface area contributed by atoms with Crippen LogP contribution in [0.15, 0.2) is 42.5 Å². The molecule has 0 saturated carbocycles. The monoisotopic (exact) mass is 262 g/mol. The second-order valence-corrected chi connectivity index (χ2v) is 4.03. The first-order valence-corrected chi connectivity index (χ1v) is 5.64. The first-order chi connectivity index (χ1) is 9.06. The maximum absolute atomic E-state index is 13.5. The van der Waals surface area contributed by atoms with Gasteiger partial charge in [0.15, 0.2) is 0 Å². The second kappa shape index (κ2) is 5.48. The maximum Gasteiger partial charge on any atom is 0.248 e. The molecule has 0 heterocycles. The van der Waals surface area contributed by atoms with Gasteiger partial charge in [0.25, 0.3) is 0 Å². The zero-order valence-electron chi connectivity index (χ0n) is 9.99. The number of halogens is 2. The number of carbonyl (C=O) groups excluding carboxylic acids is 1. The Bertz CT molecular complexity index is 597. The first kappa shape index (κ1) is 13.0. The highest BCUT2D eigenvalue weighted by Gasteiger charge is 2.07. The molecule has 5 heteroatoms. The van der Waals surface area contributed by atoms with Gasteiger partial charge < -0.3 is 11.1 Å². The summed E-state index contributed by atoms with van der Waals surface area (Å²) in [6, 6.07) is 9.63. The number of rotatable bonds is 4. The Morgan fingerprint density at radius 3 is 2.42 bits per heavy atom. The third kappa shape index (κ3) is 3.28. The standard InChI is InChI=1S/C14H12F2N2O/c15-11-2-4-12(5-3-11)18-8-10-7-9(14(17)19)1-6-13(10)16/h1-7,18H,8H2,(H2,17,19). The van der Waals surface area contributed by atoms with Gasteiger partial charge in [0.2, 0.25) is 5.91 Å². The van der Waals surface area contributed by atoms with E-state index >= 15 is 0 Å². The Balaban J connectivity index is 2.12. The Hall–Kier alpha value is -2.43. The molecule has 0 radical (unpaired) electrons. The average Bonchev–Trinajstić information content (AvgIpc) is 2.39. The molecule has 0 aliphatic heterocycles. The van der Waals surface area contributed by atoms with E-state index < -0.39 is 11.7 Å². The molecule has 98 valence electrons. The molecular weight excluding hydrogens is 250 g/mol. The second-order valence-electron chi connectivity index (χ2n) is 4.03. The summed E-state index contributed by atoms with van der Waals surface area (Å²) >= 11 is 0. The Labute approximate surface area is 109 Å². The number of anilines is 1. The van der Waals surface area contributed by atoms with Crippen molar-refractivity contribution in [3.63, 3.8) is 0 Å². The number of nitrogens with one attached hydrogen (secondary N) is 1. The van der Waals surface area contributed by atoms with Gasteiger partial charge >= 0.3 is 0 Å². The van der Waals surface area contributed by atoms with Gasteiger partial charge in [-0.2, -0.15) is 0 Å². The Morgan fingerprint density at radius 2 is 1.79 bits per heavy atom. The van der Waals surface area contributed by atoms with Crippen LogP contribution >= 0.6 is 0 Å². The van der Waals surface area contributed by atoms with E-state index in [0.717, 1.165) is 0 Å². The van der Waals surface area contributed by atoms with E-state index in [1.54, 1.807) is 12.1 Å². The van der Waals surface area contributed by atoms with Crippen LogP contribution in [-0.2, 0) is 6.54 Å². The minimum atomic E-state index is -0.608. The van der Waals surface area contributed by atoms with Crippen LogP contribution < -0.4 is 11.1 Å². The Kier molecular flexibility index (Phi) is 3.75. The summed E-state index contributed by atoms with van der Waals surface area (Å²) in [4.78, 5) is 11.0. The SMILES string of the molecule is NC(=O)c1ccc(F)c(CNc2ccc(F)cc2)c1. The molecular formula is C14H12F2N2O. The highest BCUT2D eigenvalue weighted by atomic mass is 19.1. The summed E-state index contributed by atoms with van der Waals surface area (Å²) < 4.78 is 26.3. The number of hydrogen-bond acceptors (Lipinski definition) is 2. The lowest BCUT2D eigenvalue weighted by molar-refractivity contribution is 0.1000. The first-order valence-electron chi connectivity index (χ1n) is 5.64. The summed E-state index contributed by atoms with van der Waals surface area (Å²) in [6.07, 6.45) is 0. The van der Waals surface area contributed by atoms with Crippen molar-refractivity contribution in [2.45, 2.75) is 6.54 Å². The van der Waals surface area contributed by atoms with Crippen LogP contribution in [0.4, 0.5) is 14.5 Å². The minimum Gasteiger partial charge on any atom is -0.381 e. The molecule has 0 aliphatic carbocycles. The zero-order chi connectivity index (χ0) is 13.8. The number of carbonyl (C=O) groups is 1. The van der Waals surface area contributed by atoms with Gasteiger partial charge in [-0.05, 0) is 42.5 Å². The van der Waals surface area contributed by atoms with Crippen LogP contribution in [0, 0.1) is 11.6 Å². The molecule has 0 unspecified atom stereocenters. The molecule has 0 aliphatic rings. The topological polar surface area (TPSA) is 55.1 Å². The number of hydrogen-bond donors (Lipinski definition) is 2. The fourth-order valence-electron chi connectivity index (χ4n) is 1.63. The molecule has 0 bridgehead atoms. The van der Waals surface area contributed by atoms with Crippen molar-refractivity contribution in [3.05, 3.63) is 65.2 Å². The van der Waals surface area contributed by atoms with E-state index in [1.807, 2.05) is 0 Å². The molecule has 2 rings (SSSR count). The molecule has 2 aromatic carbocycles. The van der Waals surface area contributed by atoms with Crippen molar-refractivity contribution in [1.29, 1.82) is 0 Å². The zero-order valence-corrected chi connectivity index (χ0v) is 9.99. The maximum atomic E-state index is 13.5. The molecule has 0 spiro atoms. The quantitative estimate of drug-likeness (QED) is 0.890. The predicted molar refractivity (Wildman–Crippen MR) is 68.6 cm³/mol. The fraction of sp³-hybridized carbons (Fsp3) is 0.0714. The van der Waals surface area contributed by atoms with Gasteiger partial charge in [-0.1, -0.05) is 0 Å². The predicted octanol–water partition coefficient (Wildman–Crippen LogP) is 2.68. The van der Waals surface area contributed by atoms with Gasteiger partial charge in [0, 0.05) is 23.4 Å². The Morgan fingerprint density at radius 1 is 1.11 bits per heavy atom. The molecule has 3 N–H and O–H groups in total. The average molecular weight is 262 g/mol. The van der Waals surface area contributed by atoms with Crippen molar-refractivity contribution in [3.8, 4) is 0 Å². The molecule has 19 heavy (non-hydrogen) atoms. The largest absolute Gasteiger partial charge is 0.381 e. The van der Waals surface area contributed by atoms with Gasteiger partial charge in [0.1, 0.15) is 11.6 Å². The lowest BCUT2D eigenvalue weighted by Gasteiger charge is -2.08. The van der Waals surface area contributed by atoms with E-state index in [-0.39, 0.29) is 17.9 Å².